The maximum Gasteiger partial charge on any atom is 0.254 e. The molecule has 0 aliphatic heterocycles. The van der Waals surface area contributed by atoms with E-state index in [1.165, 1.54) is 5.56 Å². The quantitative estimate of drug-likeness (QED) is 0.377. The molecule has 1 amide bonds. The number of hydrogen-bond acceptors (Lipinski definition) is 4. The molecule has 3 aromatic rings. The summed E-state index contributed by atoms with van der Waals surface area (Å²) in [7, 11) is 1.83. The summed E-state index contributed by atoms with van der Waals surface area (Å²) in [6, 6.07) is 22.3. The largest absolute Gasteiger partial charge is 0.492 e. The molecule has 0 bridgehead atoms. The van der Waals surface area contributed by atoms with Gasteiger partial charge in [-0.3, -0.25) is 4.79 Å². The molecule has 3 rings (SSSR count). The van der Waals surface area contributed by atoms with Crippen molar-refractivity contribution in [1.29, 1.82) is 0 Å². The molecule has 0 heterocycles. The Hall–Kier alpha value is -3.41. The molecule has 0 aliphatic rings. The average molecular weight is 472 g/mol. The summed E-state index contributed by atoms with van der Waals surface area (Å²) in [6.45, 7) is 4.09. The van der Waals surface area contributed by atoms with Crippen molar-refractivity contribution in [2.45, 2.75) is 32.7 Å². The predicted molar refractivity (Wildman–Crippen MR) is 145 cm³/mol. The van der Waals surface area contributed by atoms with Gasteiger partial charge in [-0.15, -0.1) is 0 Å². The van der Waals surface area contributed by atoms with E-state index in [2.05, 4.69) is 49.4 Å². The molecule has 0 spiro atoms. The number of amides is 1. The van der Waals surface area contributed by atoms with Crippen LogP contribution in [0.5, 0.6) is 5.75 Å². The third-order valence-corrected chi connectivity index (χ3v) is 5.82. The van der Waals surface area contributed by atoms with Crippen LogP contribution in [-0.2, 0) is 13.0 Å². The molecule has 0 atom stereocenters. The highest BCUT2D eigenvalue weighted by molar-refractivity contribution is 5.97. The minimum atomic E-state index is -0.0116. The summed E-state index contributed by atoms with van der Waals surface area (Å²) in [6.07, 6.45) is 6.90. The van der Waals surface area contributed by atoms with E-state index in [1.807, 2.05) is 43.5 Å². The lowest BCUT2D eigenvalue weighted by Gasteiger charge is -2.20. The predicted octanol–water partition coefficient (Wildman–Crippen LogP) is 5.28. The number of nitrogens with zero attached hydrogens (tertiary/aromatic N) is 1. The Morgan fingerprint density at radius 2 is 1.80 bits per heavy atom. The second kappa shape index (κ2) is 13.5. The molecule has 0 aromatic heterocycles. The average Bonchev–Trinajstić information content (AvgIpc) is 2.89. The minimum Gasteiger partial charge on any atom is -0.492 e. The molecular formula is C30H37N3O2. The van der Waals surface area contributed by atoms with Crippen LogP contribution >= 0.6 is 0 Å². The van der Waals surface area contributed by atoms with Crippen LogP contribution in [0.25, 0.3) is 17.2 Å². The van der Waals surface area contributed by atoms with Gasteiger partial charge in [0.1, 0.15) is 12.4 Å². The molecule has 0 unspecified atom stereocenters. The van der Waals surface area contributed by atoms with E-state index in [0.29, 0.717) is 31.8 Å². The SMILES string of the molecule is CCC=Cc1ccccc1C(=O)N(C)Cc1ccc(-c2cccc(CCCN)c2)c(OCCN)c1. The Morgan fingerprint density at radius 3 is 2.57 bits per heavy atom. The first-order chi connectivity index (χ1) is 17.1. The van der Waals surface area contributed by atoms with Gasteiger partial charge in [0.2, 0.25) is 0 Å². The summed E-state index contributed by atoms with van der Waals surface area (Å²) >= 11 is 0. The van der Waals surface area contributed by atoms with Gasteiger partial charge in [-0.05, 0) is 60.2 Å². The van der Waals surface area contributed by atoms with Crippen LogP contribution in [0.4, 0.5) is 0 Å². The van der Waals surface area contributed by atoms with Gasteiger partial charge in [-0.25, -0.2) is 0 Å². The maximum absolute atomic E-state index is 13.2. The molecule has 0 fully saturated rings. The van der Waals surface area contributed by atoms with Crippen LogP contribution in [0, 0.1) is 0 Å². The zero-order valence-corrected chi connectivity index (χ0v) is 20.9. The fourth-order valence-electron chi connectivity index (χ4n) is 4.03. The zero-order valence-electron chi connectivity index (χ0n) is 20.9. The van der Waals surface area contributed by atoms with Crippen molar-refractivity contribution in [3.8, 4) is 16.9 Å². The number of allylic oxidation sites excluding steroid dienone is 1. The highest BCUT2D eigenvalue weighted by Crippen LogP contribution is 2.32. The second-order valence-corrected chi connectivity index (χ2v) is 8.62. The number of carbonyl (C=O) groups is 1. The lowest BCUT2D eigenvalue weighted by atomic mass is 9.98. The molecule has 4 N–H and O–H groups in total. The second-order valence-electron chi connectivity index (χ2n) is 8.62. The summed E-state index contributed by atoms with van der Waals surface area (Å²) in [5.41, 5.74) is 17.4. The number of ether oxygens (including phenoxy) is 1. The molecule has 0 saturated heterocycles. The summed E-state index contributed by atoms with van der Waals surface area (Å²) < 4.78 is 6.03. The van der Waals surface area contributed by atoms with Crippen LogP contribution in [0.15, 0.2) is 72.8 Å². The van der Waals surface area contributed by atoms with Gasteiger partial charge in [0.25, 0.3) is 5.91 Å². The summed E-state index contributed by atoms with van der Waals surface area (Å²) in [5, 5.41) is 0. The first-order valence-corrected chi connectivity index (χ1v) is 12.3. The van der Waals surface area contributed by atoms with E-state index in [0.717, 1.165) is 47.3 Å². The van der Waals surface area contributed by atoms with Crippen LogP contribution in [0.3, 0.4) is 0 Å². The van der Waals surface area contributed by atoms with Gasteiger partial charge in [-0.2, -0.15) is 0 Å². The smallest absolute Gasteiger partial charge is 0.254 e. The van der Waals surface area contributed by atoms with Crippen molar-refractivity contribution in [2.24, 2.45) is 11.5 Å². The summed E-state index contributed by atoms with van der Waals surface area (Å²) in [4.78, 5) is 15.0. The number of benzene rings is 3. The van der Waals surface area contributed by atoms with Gasteiger partial charge in [0, 0.05) is 31.3 Å². The molecule has 184 valence electrons. The number of rotatable bonds is 12. The van der Waals surface area contributed by atoms with Crippen LogP contribution in [-0.4, -0.2) is 37.6 Å². The lowest BCUT2D eigenvalue weighted by molar-refractivity contribution is 0.0784. The Kier molecular flexibility index (Phi) is 10.1. The van der Waals surface area contributed by atoms with Gasteiger partial charge in [0.15, 0.2) is 0 Å². The highest BCUT2D eigenvalue weighted by Gasteiger charge is 2.16. The first-order valence-electron chi connectivity index (χ1n) is 12.3. The van der Waals surface area contributed by atoms with E-state index in [4.69, 9.17) is 16.2 Å². The fourth-order valence-corrected chi connectivity index (χ4v) is 4.03. The Balaban J connectivity index is 1.85. The minimum absolute atomic E-state index is 0.0116. The normalized spacial score (nSPS) is 11.1. The van der Waals surface area contributed by atoms with Crippen LogP contribution in [0.2, 0.25) is 0 Å². The van der Waals surface area contributed by atoms with Crippen LogP contribution < -0.4 is 16.2 Å². The van der Waals surface area contributed by atoms with Crippen molar-refractivity contribution >= 4 is 12.0 Å². The molecule has 0 saturated carbocycles. The van der Waals surface area contributed by atoms with Gasteiger partial charge >= 0.3 is 0 Å². The van der Waals surface area contributed by atoms with Crippen LogP contribution in [0.1, 0.15) is 46.8 Å². The molecule has 5 nitrogen and oxygen atoms in total. The van der Waals surface area contributed by atoms with Crippen molar-refractivity contribution in [3.05, 3.63) is 95.1 Å². The zero-order chi connectivity index (χ0) is 25.0. The topological polar surface area (TPSA) is 81.6 Å². The highest BCUT2D eigenvalue weighted by atomic mass is 16.5. The molecule has 0 aliphatic carbocycles. The third kappa shape index (κ3) is 7.28. The number of nitrogens with two attached hydrogens (primary N) is 2. The molecular weight excluding hydrogens is 434 g/mol. The molecule has 5 heteroatoms. The van der Waals surface area contributed by atoms with E-state index in [1.54, 1.807) is 4.90 Å². The van der Waals surface area contributed by atoms with E-state index < -0.39 is 0 Å². The van der Waals surface area contributed by atoms with Crippen molar-refractivity contribution in [2.75, 3.05) is 26.7 Å². The number of carbonyl (C=O) groups excluding carboxylic acids is 1. The molecule has 3 aromatic carbocycles. The monoisotopic (exact) mass is 471 g/mol. The van der Waals surface area contributed by atoms with E-state index in [-0.39, 0.29) is 5.91 Å². The number of hydrogen-bond donors (Lipinski definition) is 2. The standard InChI is InChI=1S/C30H37N3O2/c1-3-4-11-25-12-5-6-14-28(25)30(34)33(2)22-24-15-16-27(29(21-24)35-19-18-32)26-13-7-9-23(20-26)10-8-17-31/h4-7,9,11-16,20-21H,3,8,10,17-19,22,31-32H2,1-2H3. The third-order valence-electron chi connectivity index (χ3n) is 5.82. The first kappa shape index (κ1) is 26.2. The Morgan fingerprint density at radius 1 is 0.971 bits per heavy atom. The van der Waals surface area contributed by atoms with Crippen molar-refractivity contribution in [1.82, 2.24) is 4.90 Å². The fraction of sp³-hybridized carbons (Fsp3) is 0.300. The Labute approximate surface area is 209 Å². The van der Waals surface area contributed by atoms with Gasteiger partial charge in [-0.1, -0.05) is 73.7 Å². The summed E-state index contributed by atoms with van der Waals surface area (Å²) in [5.74, 6) is 0.763. The lowest BCUT2D eigenvalue weighted by Crippen LogP contribution is -2.26. The van der Waals surface area contributed by atoms with Gasteiger partial charge in [0.05, 0.1) is 0 Å². The molecule has 0 radical (unpaired) electrons. The Bertz CT molecular complexity index is 1140. The maximum atomic E-state index is 13.2. The molecule has 35 heavy (non-hydrogen) atoms. The van der Waals surface area contributed by atoms with E-state index in [9.17, 15) is 4.79 Å². The van der Waals surface area contributed by atoms with E-state index >= 15 is 0 Å². The number of aryl methyl sites for hydroxylation is 1. The van der Waals surface area contributed by atoms with Crippen molar-refractivity contribution < 1.29 is 9.53 Å². The van der Waals surface area contributed by atoms with Gasteiger partial charge < -0.3 is 21.1 Å². The van der Waals surface area contributed by atoms with Crippen molar-refractivity contribution in [3.63, 3.8) is 0 Å².